The summed E-state index contributed by atoms with van der Waals surface area (Å²) in [5.41, 5.74) is 1.21. The van der Waals surface area contributed by atoms with Crippen LogP contribution in [0.1, 0.15) is 31.9 Å². The fourth-order valence-electron chi connectivity index (χ4n) is 2.25. The number of β-amino-alcohol motifs (C(OH)–C–C–N with tert-alkyl or cyclic N) is 1. The first-order valence-corrected chi connectivity index (χ1v) is 10.3. The molecule has 10 nitrogen and oxygen atoms in total. The summed E-state index contributed by atoms with van der Waals surface area (Å²) < 4.78 is 11.2. The Morgan fingerprint density at radius 3 is 2.29 bits per heavy atom. The molecule has 0 spiro atoms. The minimum Gasteiger partial charge on any atom is -0.487 e. The number of hydrogen-bond acceptors (Lipinski definition) is 8. The van der Waals surface area contributed by atoms with E-state index in [1.807, 2.05) is 57.2 Å². The van der Waals surface area contributed by atoms with Gasteiger partial charge in [-0.25, -0.2) is 14.6 Å². The standard InChI is InChI=1S/C20H25N3O3.C4H4O4/c1-20(2,3)23-11-17(24)14-26-19-16(10-21)9-18(12-22-19)25-13-15-7-5-4-6-8-15;5-3(6)1-2-4(7)8/h4-9,12,17,23-24H,11,13-14H2,1-3H3;1-2H,(H,5,6)(H,7,8)/b;2-1-/t17-;/m0./s1. The van der Waals surface area contributed by atoms with E-state index < -0.39 is 18.0 Å². The molecule has 4 N–H and O–H groups in total. The van der Waals surface area contributed by atoms with Gasteiger partial charge >= 0.3 is 11.9 Å². The SMILES string of the molecule is CC(C)(C)NC[C@H](O)COc1ncc(OCc2ccccc2)cc1C#N.O=C(O)/C=C\C(=O)O. The van der Waals surface area contributed by atoms with Gasteiger partial charge in [-0.1, -0.05) is 30.3 Å². The Morgan fingerprint density at radius 1 is 1.15 bits per heavy atom. The van der Waals surface area contributed by atoms with Gasteiger partial charge in [0, 0.05) is 30.3 Å². The lowest BCUT2D eigenvalue weighted by molar-refractivity contribution is -0.134. The summed E-state index contributed by atoms with van der Waals surface area (Å²) in [5, 5.41) is 38.1. The van der Waals surface area contributed by atoms with E-state index in [1.54, 1.807) is 6.07 Å². The van der Waals surface area contributed by atoms with Gasteiger partial charge in [-0.05, 0) is 26.3 Å². The quantitative estimate of drug-likeness (QED) is 0.378. The molecular weight excluding hydrogens is 442 g/mol. The number of carbonyl (C=O) groups is 2. The molecule has 34 heavy (non-hydrogen) atoms. The van der Waals surface area contributed by atoms with Gasteiger partial charge in [0.05, 0.1) is 6.20 Å². The molecule has 0 aliphatic carbocycles. The van der Waals surface area contributed by atoms with E-state index in [2.05, 4.69) is 10.3 Å². The highest BCUT2D eigenvalue weighted by Crippen LogP contribution is 2.21. The van der Waals surface area contributed by atoms with E-state index in [0.717, 1.165) is 5.56 Å². The van der Waals surface area contributed by atoms with E-state index in [0.29, 0.717) is 31.1 Å². The number of rotatable bonds is 10. The van der Waals surface area contributed by atoms with Crippen molar-refractivity contribution in [1.82, 2.24) is 10.3 Å². The third-order valence-electron chi connectivity index (χ3n) is 3.84. The summed E-state index contributed by atoms with van der Waals surface area (Å²) in [6.45, 7) is 6.89. The molecule has 0 saturated carbocycles. The number of aliphatic hydroxyl groups is 1. The van der Waals surface area contributed by atoms with Crippen molar-refractivity contribution in [2.24, 2.45) is 0 Å². The minimum atomic E-state index is -1.26. The molecule has 10 heteroatoms. The number of aliphatic hydroxyl groups excluding tert-OH is 1. The smallest absolute Gasteiger partial charge is 0.328 e. The van der Waals surface area contributed by atoms with Gasteiger partial charge in [0.25, 0.3) is 0 Å². The van der Waals surface area contributed by atoms with Crippen LogP contribution in [0.15, 0.2) is 54.7 Å². The number of nitriles is 1. The Morgan fingerprint density at radius 2 is 1.76 bits per heavy atom. The molecule has 0 saturated heterocycles. The summed E-state index contributed by atoms with van der Waals surface area (Å²) in [6.07, 6.45) is 1.93. The molecule has 0 aliphatic heterocycles. The number of aromatic nitrogens is 1. The van der Waals surface area contributed by atoms with E-state index >= 15 is 0 Å². The molecular formula is C24H29N3O7. The predicted octanol–water partition coefficient (Wildman–Crippen LogP) is 2.37. The van der Waals surface area contributed by atoms with Crippen molar-refractivity contribution in [3.05, 3.63) is 65.9 Å². The zero-order chi connectivity index (χ0) is 25.6. The highest BCUT2D eigenvalue weighted by atomic mass is 16.5. The number of carboxylic acid groups (broad SMARTS) is 2. The highest BCUT2D eigenvalue weighted by Gasteiger charge is 2.14. The molecule has 182 valence electrons. The third kappa shape index (κ3) is 12.8. The van der Waals surface area contributed by atoms with Crippen LogP contribution in [0, 0.1) is 11.3 Å². The molecule has 0 amide bonds. The van der Waals surface area contributed by atoms with E-state index in [9.17, 15) is 20.0 Å². The molecule has 0 fully saturated rings. The molecule has 2 aromatic rings. The van der Waals surface area contributed by atoms with Crippen molar-refractivity contribution in [2.45, 2.75) is 39.0 Å². The van der Waals surface area contributed by atoms with Crippen LogP contribution in [-0.4, -0.2) is 57.0 Å². The van der Waals surface area contributed by atoms with Gasteiger partial charge in [-0.15, -0.1) is 0 Å². The normalized spacial score (nSPS) is 11.6. The zero-order valence-electron chi connectivity index (χ0n) is 19.3. The Balaban J connectivity index is 0.000000620. The molecule has 1 aromatic carbocycles. The van der Waals surface area contributed by atoms with Crippen LogP contribution < -0.4 is 14.8 Å². The second-order valence-electron chi connectivity index (χ2n) is 8.02. The zero-order valence-corrected chi connectivity index (χ0v) is 19.3. The summed E-state index contributed by atoms with van der Waals surface area (Å²) >= 11 is 0. The Kier molecular flexibility index (Phi) is 11.8. The molecule has 1 heterocycles. The minimum absolute atomic E-state index is 0.0506. The number of nitrogens with one attached hydrogen (secondary N) is 1. The monoisotopic (exact) mass is 471 g/mol. The fraction of sp³-hybridized carbons (Fsp3) is 0.333. The van der Waals surface area contributed by atoms with E-state index in [1.165, 1.54) is 6.20 Å². The Bertz CT molecular complexity index is 980. The summed E-state index contributed by atoms with van der Waals surface area (Å²) in [6, 6.07) is 13.4. The lowest BCUT2D eigenvalue weighted by atomic mass is 10.1. The summed E-state index contributed by atoms with van der Waals surface area (Å²) in [5.74, 6) is -1.83. The summed E-state index contributed by atoms with van der Waals surface area (Å²) in [4.78, 5) is 23.2. The predicted molar refractivity (Wildman–Crippen MR) is 123 cm³/mol. The number of ether oxygens (including phenoxy) is 2. The molecule has 2 rings (SSSR count). The van der Waals surface area contributed by atoms with Crippen molar-refractivity contribution in [1.29, 1.82) is 5.26 Å². The van der Waals surface area contributed by atoms with Crippen molar-refractivity contribution >= 4 is 11.9 Å². The first-order chi connectivity index (χ1) is 16.0. The van der Waals surface area contributed by atoms with Crippen LogP contribution in [0.5, 0.6) is 11.6 Å². The molecule has 0 aliphatic rings. The molecule has 0 radical (unpaired) electrons. The Hall–Kier alpha value is -3.94. The maximum atomic E-state index is 9.98. The van der Waals surface area contributed by atoms with E-state index in [-0.39, 0.29) is 23.6 Å². The lowest BCUT2D eigenvalue weighted by Crippen LogP contribution is -2.42. The first kappa shape index (κ1) is 28.1. The summed E-state index contributed by atoms with van der Waals surface area (Å²) in [7, 11) is 0. The van der Waals surface area contributed by atoms with Crippen LogP contribution in [0.25, 0.3) is 0 Å². The van der Waals surface area contributed by atoms with Crippen molar-refractivity contribution in [2.75, 3.05) is 13.2 Å². The van der Waals surface area contributed by atoms with Gasteiger partial charge in [0.15, 0.2) is 0 Å². The van der Waals surface area contributed by atoms with Crippen LogP contribution in [0.2, 0.25) is 0 Å². The van der Waals surface area contributed by atoms with Crippen LogP contribution in [-0.2, 0) is 16.2 Å². The van der Waals surface area contributed by atoms with Gasteiger partial charge in [-0.3, -0.25) is 0 Å². The number of hydrogen-bond donors (Lipinski definition) is 4. The van der Waals surface area contributed by atoms with Crippen LogP contribution in [0.3, 0.4) is 0 Å². The highest BCUT2D eigenvalue weighted by molar-refractivity contribution is 5.89. The van der Waals surface area contributed by atoms with Crippen molar-refractivity contribution < 1.29 is 34.4 Å². The number of pyridine rings is 1. The van der Waals surface area contributed by atoms with Gasteiger partial charge in [-0.2, -0.15) is 5.26 Å². The number of nitrogens with zero attached hydrogens (tertiary/aromatic N) is 2. The molecule has 1 aromatic heterocycles. The Labute approximate surface area is 198 Å². The number of carboxylic acids is 2. The lowest BCUT2D eigenvalue weighted by Gasteiger charge is -2.22. The van der Waals surface area contributed by atoms with Crippen LogP contribution in [0.4, 0.5) is 0 Å². The maximum absolute atomic E-state index is 9.98. The average Bonchev–Trinajstić information content (AvgIpc) is 2.79. The van der Waals surface area contributed by atoms with Crippen molar-refractivity contribution in [3.63, 3.8) is 0 Å². The van der Waals surface area contributed by atoms with Gasteiger partial charge in [0.1, 0.15) is 36.7 Å². The van der Waals surface area contributed by atoms with Crippen molar-refractivity contribution in [3.8, 4) is 17.7 Å². The largest absolute Gasteiger partial charge is 0.487 e. The average molecular weight is 472 g/mol. The first-order valence-electron chi connectivity index (χ1n) is 10.3. The van der Waals surface area contributed by atoms with Gasteiger partial charge in [0.2, 0.25) is 5.88 Å². The fourth-order valence-corrected chi connectivity index (χ4v) is 2.25. The van der Waals surface area contributed by atoms with Crippen LogP contribution >= 0.6 is 0 Å². The van der Waals surface area contributed by atoms with E-state index in [4.69, 9.17) is 19.7 Å². The molecule has 0 unspecified atom stereocenters. The maximum Gasteiger partial charge on any atom is 0.328 e. The van der Waals surface area contributed by atoms with Gasteiger partial charge < -0.3 is 30.1 Å². The molecule has 0 bridgehead atoms. The molecule has 1 atom stereocenters. The third-order valence-corrected chi connectivity index (χ3v) is 3.84. The number of aliphatic carboxylic acids is 2. The second kappa shape index (κ2) is 14.3. The number of benzene rings is 1. The topological polar surface area (TPSA) is 162 Å². The second-order valence-corrected chi connectivity index (χ2v) is 8.02.